The van der Waals surface area contributed by atoms with Crippen LogP contribution in [0.1, 0.15) is 31.7 Å². The molecule has 0 amide bonds. The van der Waals surface area contributed by atoms with Crippen LogP contribution in [0, 0.1) is 0 Å². The minimum absolute atomic E-state index is 0.530. The second-order valence-electron chi connectivity index (χ2n) is 3.49. The van der Waals surface area contributed by atoms with E-state index in [1.807, 2.05) is 0 Å². The number of hydrogen-bond acceptors (Lipinski definition) is 1. The summed E-state index contributed by atoms with van der Waals surface area (Å²) in [6.45, 7) is 2.23. The van der Waals surface area contributed by atoms with E-state index in [4.69, 9.17) is 0 Å². The van der Waals surface area contributed by atoms with Crippen molar-refractivity contribution in [2.75, 3.05) is 0 Å². The van der Waals surface area contributed by atoms with Gasteiger partial charge in [-0.1, -0.05) is 50.1 Å². The lowest BCUT2D eigenvalue weighted by Crippen LogP contribution is -2.02. The summed E-state index contributed by atoms with van der Waals surface area (Å²) in [5.41, 5.74) is 1.40. The van der Waals surface area contributed by atoms with E-state index in [1.165, 1.54) is 24.8 Å². The highest BCUT2D eigenvalue weighted by atomic mass is 32.1. The predicted octanol–water partition coefficient (Wildman–Crippen LogP) is 3.72. The Morgan fingerprint density at radius 1 is 1.23 bits per heavy atom. The van der Waals surface area contributed by atoms with E-state index < -0.39 is 0 Å². The van der Waals surface area contributed by atoms with Gasteiger partial charge in [0.15, 0.2) is 0 Å². The Hall–Kier alpha value is -0.430. The third-order valence-corrected chi connectivity index (χ3v) is 2.65. The largest absolute Gasteiger partial charge is 0.176 e. The first kappa shape index (κ1) is 10.6. The maximum absolute atomic E-state index is 4.58. The van der Waals surface area contributed by atoms with Gasteiger partial charge < -0.3 is 0 Å². The first-order chi connectivity index (χ1) is 6.33. The van der Waals surface area contributed by atoms with Crippen molar-refractivity contribution < 1.29 is 0 Å². The van der Waals surface area contributed by atoms with Crippen molar-refractivity contribution in [3.8, 4) is 0 Å². The molecule has 1 atom stereocenters. The zero-order valence-corrected chi connectivity index (χ0v) is 9.13. The SMILES string of the molecule is CCCCC(S)Cc1ccccc1. The highest BCUT2D eigenvalue weighted by molar-refractivity contribution is 7.80. The number of benzene rings is 1. The minimum atomic E-state index is 0.530. The first-order valence-corrected chi connectivity index (χ1v) is 5.56. The summed E-state index contributed by atoms with van der Waals surface area (Å²) in [5.74, 6) is 0. The summed E-state index contributed by atoms with van der Waals surface area (Å²) >= 11 is 4.58. The molecule has 1 aromatic carbocycles. The molecule has 0 N–H and O–H groups in total. The molecule has 0 aromatic heterocycles. The van der Waals surface area contributed by atoms with E-state index in [9.17, 15) is 0 Å². The van der Waals surface area contributed by atoms with Crippen LogP contribution in [0.3, 0.4) is 0 Å². The predicted molar refractivity (Wildman–Crippen MR) is 62.4 cm³/mol. The summed E-state index contributed by atoms with van der Waals surface area (Å²) in [6.07, 6.45) is 4.89. The molecule has 72 valence electrons. The fraction of sp³-hybridized carbons (Fsp3) is 0.500. The quantitative estimate of drug-likeness (QED) is 0.679. The van der Waals surface area contributed by atoms with Gasteiger partial charge in [-0.25, -0.2) is 0 Å². The minimum Gasteiger partial charge on any atom is -0.176 e. The third-order valence-electron chi connectivity index (χ3n) is 2.21. The van der Waals surface area contributed by atoms with Crippen LogP contribution in [0.25, 0.3) is 0 Å². The molecule has 1 heteroatoms. The van der Waals surface area contributed by atoms with Gasteiger partial charge in [0.25, 0.3) is 0 Å². The van der Waals surface area contributed by atoms with Gasteiger partial charge in [-0.05, 0) is 18.4 Å². The van der Waals surface area contributed by atoms with Crippen LogP contribution in [0.2, 0.25) is 0 Å². The molecule has 0 fully saturated rings. The molecule has 0 saturated carbocycles. The molecule has 0 aliphatic rings. The van der Waals surface area contributed by atoms with Crippen LogP contribution in [0.4, 0.5) is 0 Å². The average Bonchev–Trinajstić information content (AvgIpc) is 2.16. The molecular formula is C12H18S. The molecule has 0 nitrogen and oxygen atoms in total. The molecule has 0 saturated heterocycles. The normalized spacial score (nSPS) is 12.8. The second-order valence-corrected chi connectivity index (χ2v) is 4.22. The highest BCUT2D eigenvalue weighted by Crippen LogP contribution is 2.13. The Labute approximate surface area is 86.8 Å². The van der Waals surface area contributed by atoms with Crippen LogP contribution in [-0.4, -0.2) is 5.25 Å². The van der Waals surface area contributed by atoms with E-state index in [1.54, 1.807) is 0 Å². The van der Waals surface area contributed by atoms with Crippen LogP contribution < -0.4 is 0 Å². The van der Waals surface area contributed by atoms with Crippen molar-refractivity contribution in [3.63, 3.8) is 0 Å². The van der Waals surface area contributed by atoms with Crippen molar-refractivity contribution in [1.29, 1.82) is 0 Å². The smallest absolute Gasteiger partial charge is 0.00572 e. The van der Waals surface area contributed by atoms with Crippen molar-refractivity contribution in [2.24, 2.45) is 0 Å². The van der Waals surface area contributed by atoms with Gasteiger partial charge in [-0.15, -0.1) is 0 Å². The van der Waals surface area contributed by atoms with Crippen molar-refractivity contribution in [2.45, 2.75) is 37.9 Å². The Morgan fingerprint density at radius 2 is 1.92 bits per heavy atom. The van der Waals surface area contributed by atoms with Gasteiger partial charge in [0.1, 0.15) is 0 Å². The summed E-state index contributed by atoms with van der Waals surface area (Å²) in [4.78, 5) is 0. The number of unbranched alkanes of at least 4 members (excludes halogenated alkanes) is 1. The average molecular weight is 194 g/mol. The standard InChI is InChI=1S/C12H18S/c1-2-3-9-12(13)10-11-7-5-4-6-8-11/h4-8,12-13H,2-3,9-10H2,1H3. The summed E-state index contributed by atoms with van der Waals surface area (Å²) < 4.78 is 0. The molecule has 0 aliphatic carbocycles. The van der Waals surface area contributed by atoms with Gasteiger partial charge in [-0.2, -0.15) is 12.6 Å². The number of rotatable bonds is 5. The molecule has 0 heterocycles. The van der Waals surface area contributed by atoms with Crippen LogP contribution >= 0.6 is 12.6 Å². The van der Waals surface area contributed by atoms with E-state index in [0.29, 0.717) is 5.25 Å². The molecule has 1 aromatic rings. The van der Waals surface area contributed by atoms with Crippen LogP contribution in [0.15, 0.2) is 30.3 Å². The van der Waals surface area contributed by atoms with Gasteiger partial charge in [0.05, 0.1) is 0 Å². The topological polar surface area (TPSA) is 0 Å². The summed E-state index contributed by atoms with van der Waals surface area (Å²) in [7, 11) is 0. The lowest BCUT2D eigenvalue weighted by molar-refractivity contribution is 0.683. The van der Waals surface area contributed by atoms with Gasteiger partial charge in [-0.3, -0.25) is 0 Å². The second kappa shape index (κ2) is 6.09. The molecule has 1 unspecified atom stereocenters. The Morgan fingerprint density at radius 3 is 2.54 bits per heavy atom. The number of thiol groups is 1. The fourth-order valence-electron chi connectivity index (χ4n) is 1.43. The fourth-order valence-corrected chi connectivity index (χ4v) is 1.82. The molecule has 1 rings (SSSR count). The van der Waals surface area contributed by atoms with Crippen molar-refractivity contribution >= 4 is 12.6 Å². The third kappa shape index (κ3) is 4.37. The lowest BCUT2D eigenvalue weighted by atomic mass is 10.1. The Bertz CT molecular complexity index is 218. The van der Waals surface area contributed by atoms with Gasteiger partial charge in [0, 0.05) is 5.25 Å². The monoisotopic (exact) mass is 194 g/mol. The van der Waals surface area contributed by atoms with Crippen molar-refractivity contribution in [1.82, 2.24) is 0 Å². The summed E-state index contributed by atoms with van der Waals surface area (Å²) in [6, 6.07) is 10.6. The van der Waals surface area contributed by atoms with Crippen molar-refractivity contribution in [3.05, 3.63) is 35.9 Å². The van der Waals surface area contributed by atoms with E-state index in [0.717, 1.165) is 6.42 Å². The molecule has 0 radical (unpaired) electrons. The Balaban J connectivity index is 2.32. The van der Waals surface area contributed by atoms with Crippen LogP contribution in [0.5, 0.6) is 0 Å². The van der Waals surface area contributed by atoms with Gasteiger partial charge in [0.2, 0.25) is 0 Å². The molecule has 0 bridgehead atoms. The number of hydrogen-bond donors (Lipinski definition) is 1. The molecule has 0 spiro atoms. The maximum atomic E-state index is 4.58. The van der Waals surface area contributed by atoms with E-state index in [-0.39, 0.29) is 0 Å². The van der Waals surface area contributed by atoms with Crippen LogP contribution in [-0.2, 0) is 6.42 Å². The highest BCUT2D eigenvalue weighted by Gasteiger charge is 2.02. The molecular weight excluding hydrogens is 176 g/mol. The first-order valence-electron chi connectivity index (χ1n) is 5.05. The molecule has 13 heavy (non-hydrogen) atoms. The zero-order valence-electron chi connectivity index (χ0n) is 8.24. The zero-order chi connectivity index (χ0) is 9.52. The van der Waals surface area contributed by atoms with E-state index >= 15 is 0 Å². The molecule has 0 aliphatic heterocycles. The Kier molecular flexibility index (Phi) is 4.99. The maximum Gasteiger partial charge on any atom is 0.00572 e. The van der Waals surface area contributed by atoms with E-state index in [2.05, 4.69) is 49.9 Å². The lowest BCUT2D eigenvalue weighted by Gasteiger charge is -2.09. The summed E-state index contributed by atoms with van der Waals surface area (Å²) in [5, 5.41) is 0.530. The van der Waals surface area contributed by atoms with Gasteiger partial charge >= 0.3 is 0 Å².